The van der Waals surface area contributed by atoms with E-state index in [9.17, 15) is 5.11 Å². The summed E-state index contributed by atoms with van der Waals surface area (Å²) in [6.07, 6.45) is 3.91. The summed E-state index contributed by atoms with van der Waals surface area (Å²) in [6, 6.07) is 4.09. The zero-order chi connectivity index (χ0) is 14.4. The van der Waals surface area contributed by atoms with Crippen molar-refractivity contribution in [1.29, 1.82) is 0 Å². The van der Waals surface area contributed by atoms with E-state index < -0.39 is 6.10 Å². The van der Waals surface area contributed by atoms with Crippen LogP contribution in [0.2, 0.25) is 0 Å². The van der Waals surface area contributed by atoms with Gasteiger partial charge in [-0.3, -0.25) is 0 Å². The van der Waals surface area contributed by atoms with Gasteiger partial charge in [-0.1, -0.05) is 38.8 Å². The van der Waals surface area contributed by atoms with Gasteiger partial charge in [0, 0.05) is 5.56 Å². The van der Waals surface area contributed by atoms with Crippen LogP contribution in [0.15, 0.2) is 12.1 Å². The Morgan fingerprint density at radius 1 is 1.11 bits per heavy atom. The minimum Gasteiger partial charge on any atom is -0.496 e. The van der Waals surface area contributed by atoms with Gasteiger partial charge in [-0.05, 0) is 43.7 Å². The molecule has 0 aliphatic carbocycles. The second kappa shape index (κ2) is 7.54. The van der Waals surface area contributed by atoms with Crippen molar-refractivity contribution >= 4 is 0 Å². The van der Waals surface area contributed by atoms with Gasteiger partial charge in [0.1, 0.15) is 5.75 Å². The molecule has 0 fully saturated rings. The van der Waals surface area contributed by atoms with Gasteiger partial charge in [0.15, 0.2) is 0 Å². The van der Waals surface area contributed by atoms with Crippen LogP contribution in [0.1, 0.15) is 62.3 Å². The van der Waals surface area contributed by atoms with Crippen LogP contribution in [0.3, 0.4) is 0 Å². The minimum absolute atomic E-state index is 0.325. The first-order valence-corrected chi connectivity index (χ1v) is 7.38. The van der Waals surface area contributed by atoms with Crippen LogP contribution in [0.5, 0.6) is 5.75 Å². The normalized spacial score (nSPS) is 12.8. The molecule has 0 aliphatic heterocycles. The first kappa shape index (κ1) is 16.0. The van der Waals surface area contributed by atoms with Crippen LogP contribution < -0.4 is 4.74 Å². The number of hydrogen-bond donors (Lipinski definition) is 1. The van der Waals surface area contributed by atoms with Gasteiger partial charge >= 0.3 is 0 Å². The molecule has 0 aromatic heterocycles. The molecule has 1 atom stereocenters. The molecule has 0 radical (unpaired) electrons. The number of aryl methyl sites for hydroxylation is 1. The van der Waals surface area contributed by atoms with Gasteiger partial charge in [-0.25, -0.2) is 0 Å². The number of methoxy groups -OCH3 is 1. The molecule has 0 heterocycles. The first-order valence-electron chi connectivity index (χ1n) is 7.38. The lowest BCUT2D eigenvalue weighted by molar-refractivity contribution is 0.0937. The summed E-state index contributed by atoms with van der Waals surface area (Å²) in [7, 11) is 1.69. The predicted molar refractivity (Wildman–Crippen MR) is 80.7 cm³/mol. The molecule has 108 valence electrons. The fourth-order valence-corrected chi connectivity index (χ4v) is 2.77. The Labute approximate surface area is 117 Å². The largest absolute Gasteiger partial charge is 0.496 e. The third-order valence-corrected chi connectivity index (χ3v) is 4.00. The summed E-state index contributed by atoms with van der Waals surface area (Å²) >= 11 is 0. The van der Waals surface area contributed by atoms with E-state index in [4.69, 9.17) is 4.74 Å². The molecule has 1 aromatic carbocycles. The van der Waals surface area contributed by atoms with Crippen molar-refractivity contribution in [2.24, 2.45) is 5.92 Å². The lowest BCUT2D eigenvalue weighted by Gasteiger charge is -2.25. The highest BCUT2D eigenvalue weighted by Crippen LogP contribution is 2.37. The van der Waals surface area contributed by atoms with E-state index in [-0.39, 0.29) is 0 Å². The molecule has 1 rings (SSSR count). The third kappa shape index (κ3) is 3.73. The lowest BCUT2D eigenvalue weighted by Crippen LogP contribution is -2.14. The maximum Gasteiger partial charge on any atom is 0.127 e. The van der Waals surface area contributed by atoms with Crippen molar-refractivity contribution in [2.75, 3.05) is 7.11 Å². The Morgan fingerprint density at radius 3 is 2.16 bits per heavy atom. The highest BCUT2D eigenvalue weighted by atomic mass is 16.5. The van der Waals surface area contributed by atoms with Crippen LogP contribution in [0.4, 0.5) is 0 Å². The molecule has 1 unspecified atom stereocenters. The Hall–Kier alpha value is -1.02. The van der Waals surface area contributed by atoms with Gasteiger partial charge in [-0.2, -0.15) is 0 Å². The van der Waals surface area contributed by atoms with Crippen molar-refractivity contribution in [1.82, 2.24) is 0 Å². The zero-order valence-corrected chi connectivity index (χ0v) is 13.0. The van der Waals surface area contributed by atoms with Gasteiger partial charge < -0.3 is 9.84 Å². The molecule has 1 aromatic rings. The van der Waals surface area contributed by atoms with Crippen molar-refractivity contribution in [2.45, 2.75) is 59.5 Å². The lowest BCUT2D eigenvalue weighted by atomic mass is 9.86. The molecule has 2 heteroatoms. The van der Waals surface area contributed by atoms with E-state index in [1.807, 2.05) is 6.07 Å². The number of aliphatic hydroxyl groups is 1. The second-order valence-electron chi connectivity index (χ2n) is 5.41. The molecule has 0 aliphatic rings. The van der Waals surface area contributed by atoms with Crippen LogP contribution in [-0.4, -0.2) is 12.2 Å². The van der Waals surface area contributed by atoms with Gasteiger partial charge in [0.25, 0.3) is 0 Å². The summed E-state index contributed by atoms with van der Waals surface area (Å²) in [5.41, 5.74) is 3.28. The summed E-state index contributed by atoms with van der Waals surface area (Å²) in [5, 5.41) is 10.7. The van der Waals surface area contributed by atoms with Gasteiger partial charge in [0.2, 0.25) is 0 Å². The van der Waals surface area contributed by atoms with E-state index >= 15 is 0 Å². The van der Waals surface area contributed by atoms with Crippen LogP contribution in [0.25, 0.3) is 0 Å². The zero-order valence-electron chi connectivity index (χ0n) is 13.0. The fourth-order valence-electron chi connectivity index (χ4n) is 2.77. The predicted octanol–water partition coefficient (Wildman–Crippen LogP) is 4.56. The molecule has 0 bridgehead atoms. The van der Waals surface area contributed by atoms with E-state index in [1.54, 1.807) is 7.11 Å². The first-order chi connectivity index (χ1) is 9.06. The molecule has 0 amide bonds. The molecule has 0 saturated heterocycles. The van der Waals surface area contributed by atoms with Crippen molar-refractivity contribution in [3.63, 3.8) is 0 Å². The number of rotatable bonds is 7. The van der Waals surface area contributed by atoms with Crippen LogP contribution >= 0.6 is 0 Å². The average Bonchev–Trinajstić information content (AvgIpc) is 2.40. The Kier molecular flexibility index (Phi) is 6.36. The van der Waals surface area contributed by atoms with E-state index in [0.29, 0.717) is 5.92 Å². The molecule has 0 saturated carbocycles. The van der Waals surface area contributed by atoms with Crippen molar-refractivity contribution < 1.29 is 9.84 Å². The summed E-state index contributed by atoms with van der Waals surface area (Å²) < 4.78 is 5.52. The number of benzene rings is 1. The maximum atomic E-state index is 10.7. The van der Waals surface area contributed by atoms with Gasteiger partial charge in [-0.15, -0.1) is 0 Å². The van der Waals surface area contributed by atoms with Crippen LogP contribution in [-0.2, 0) is 0 Å². The number of aliphatic hydroxyl groups excluding tert-OH is 1. The molecule has 2 nitrogen and oxygen atoms in total. The highest BCUT2D eigenvalue weighted by molar-refractivity contribution is 5.46. The smallest absolute Gasteiger partial charge is 0.127 e. The Bertz CT molecular complexity index is 392. The SMILES string of the molecule is CCCC(CCC)C(O)c1ccc(C)c(C)c1OC. The standard InChI is InChI=1S/C17H28O2/c1-6-8-14(9-7-2)16(18)15-11-10-12(3)13(4)17(15)19-5/h10-11,14,16,18H,6-9H2,1-5H3. The van der Waals surface area contributed by atoms with Crippen LogP contribution in [0, 0.1) is 19.8 Å². The quantitative estimate of drug-likeness (QED) is 0.782. The topological polar surface area (TPSA) is 29.5 Å². The number of hydrogen-bond acceptors (Lipinski definition) is 2. The summed E-state index contributed by atoms with van der Waals surface area (Å²) in [4.78, 5) is 0. The van der Waals surface area contributed by atoms with Crippen molar-refractivity contribution in [3.05, 3.63) is 28.8 Å². The third-order valence-electron chi connectivity index (χ3n) is 4.00. The average molecular weight is 264 g/mol. The van der Waals surface area contributed by atoms with E-state index in [1.165, 1.54) is 5.56 Å². The second-order valence-corrected chi connectivity index (χ2v) is 5.41. The molecule has 19 heavy (non-hydrogen) atoms. The molecule has 0 spiro atoms. The minimum atomic E-state index is -0.422. The summed E-state index contributed by atoms with van der Waals surface area (Å²) in [6.45, 7) is 8.47. The summed E-state index contributed by atoms with van der Waals surface area (Å²) in [5.74, 6) is 1.18. The Balaban J connectivity index is 3.09. The van der Waals surface area contributed by atoms with Crippen molar-refractivity contribution in [3.8, 4) is 5.75 Å². The molecular weight excluding hydrogens is 236 g/mol. The maximum absolute atomic E-state index is 10.7. The van der Waals surface area contributed by atoms with E-state index in [0.717, 1.165) is 42.6 Å². The monoisotopic (exact) mass is 264 g/mol. The molecule has 1 N–H and O–H groups in total. The van der Waals surface area contributed by atoms with E-state index in [2.05, 4.69) is 33.8 Å². The fraction of sp³-hybridized carbons (Fsp3) is 0.647. The Morgan fingerprint density at radius 2 is 1.68 bits per heavy atom. The highest BCUT2D eigenvalue weighted by Gasteiger charge is 2.23. The number of ether oxygens (including phenoxy) is 1. The van der Waals surface area contributed by atoms with Gasteiger partial charge in [0.05, 0.1) is 13.2 Å². The molecular formula is C17H28O2.